The van der Waals surface area contributed by atoms with E-state index in [1.165, 1.54) is 25.7 Å². The Labute approximate surface area is 126 Å². The number of benzene rings is 1. The molecule has 1 aromatic carbocycles. The van der Waals surface area contributed by atoms with Crippen molar-refractivity contribution in [3.05, 3.63) is 24.3 Å². The van der Waals surface area contributed by atoms with Gasteiger partial charge in [0.1, 0.15) is 5.82 Å². The van der Waals surface area contributed by atoms with Gasteiger partial charge >= 0.3 is 0 Å². The van der Waals surface area contributed by atoms with Gasteiger partial charge < -0.3 is 10.6 Å². The molecule has 0 atom stereocenters. The fourth-order valence-corrected chi connectivity index (χ4v) is 2.53. The Morgan fingerprint density at radius 3 is 2.76 bits per heavy atom. The van der Waals surface area contributed by atoms with Gasteiger partial charge in [0.05, 0.1) is 5.52 Å². The van der Waals surface area contributed by atoms with Crippen molar-refractivity contribution >= 4 is 22.7 Å². The highest BCUT2D eigenvalue weighted by Crippen LogP contribution is 2.33. The predicted octanol–water partition coefficient (Wildman–Crippen LogP) is 4.05. The summed E-state index contributed by atoms with van der Waals surface area (Å²) in [6, 6.07) is 8.20. The molecule has 21 heavy (non-hydrogen) atoms. The van der Waals surface area contributed by atoms with Crippen molar-refractivity contribution in [1.82, 2.24) is 9.97 Å². The van der Waals surface area contributed by atoms with Crippen LogP contribution in [-0.2, 0) is 0 Å². The highest BCUT2D eigenvalue weighted by molar-refractivity contribution is 5.89. The van der Waals surface area contributed by atoms with E-state index in [0.29, 0.717) is 0 Å². The maximum absolute atomic E-state index is 4.64. The molecule has 0 aliphatic heterocycles. The van der Waals surface area contributed by atoms with Gasteiger partial charge in [-0.2, -0.15) is 4.98 Å². The molecule has 0 spiro atoms. The summed E-state index contributed by atoms with van der Waals surface area (Å²) in [4.78, 5) is 9.22. The van der Waals surface area contributed by atoms with E-state index in [9.17, 15) is 0 Å². The Hall–Kier alpha value is -1.84. The number of anilines is 2. The van der Waals surface area contributed by atoms with Crippen molar-refractivity contribution in [2.75, 3.05) is 23.7 Å². The highest BCUT2D eigenvalue weighted by atomic mass is 15.1. The van der Waals surface area contributed by atoms with Crippen molar-refractivity contribution in [1.29, 1.82) is 0 Å². The van der Waals surface area contributed by atoms with Crippen molar-refractivity contribution in [2.24, 2.45) is 5.92 Å². The number of para-hydroxylation sites is 1. The van der Waals surface area contributed by atoms with Crippen LogP contribution in [0.3, 0.4) is 0 Å². The van der Waals surface area contributed by atoms with Crippen molar-refractivity contribution in [3.8, 4) is 0 Å². The van der Waals surface area contributed by atoms with Crippen molar-refractivity contribution < 1.29 is 0 Å². The van der Waals surface area contributed by atoms with Crippen LogP contribution >= 0.6 is 0 Å². The second-order valence-electron chi connectivity index (χ2n) is 5.85. The van der Waals surface area contributed by atoms with Gasteiger partial charge in [0.2, 0.25) is 5.95 Å². The molecule has 2 N–H and O–H groups in total. The molecular weight excluding hydrogens is 260 g/mol. The maximum atomic E-state index is 4.64. The van der Waals surface area contributed by atoms with Crippen LogP contribution in [0, 0.1) is 5.92 Å². The fraction of sp³-hybridized carbons (Fsp3) is 0.529. The lowest BCUT2D eigenvalue weighted by Gasteiger charge is -2.11. The molecule has 4 heteroatoms. The molecule has 0 bridgehead atoms. The molecule has 0 unspecified atom stereocenters. The SMILES string of the molecule is CCCNc1nc(NCCCC2CC2)c2ccccc2n1. The Morgan fingerprint density at radius 1 is 1.10 bits per heavy atom. The third kappa shape index (κ3) is 3.84. The molecule has 4 nitrogen and oxygen atoms in total. The summed E-state index contributed by atoms with van der Waals surface area (Å²) >= 11 is 0. The van der Waals surface area contributed by atoms with Crippen LogP contribution < -0.4 is 10.6 Å². The number of aromatic nitrogens is 2. The smallest absolute Gasteiger partial charge is 0.225 e. The highest BCUT2D eigenvalue weighted by Gasteiger charge is 2.20. The van der Waals surface area contributed by atoms with E-state index in [0.717, 1.165) is 48.1 Å². The van der Waals surface area contributed by atoms with Gasteiger partial charge in [-0.3, -0.25) is 0 Å². The molecule has 112 valence electrons. The molecule has 1 aromatic heterocycles. The van der Waals surface area contributed by atoms with Crippen molar-refractivity contribution in [3.63, 3.8) is 0 Å². The summed E-state index contributed by atoms with van der Waals surface area (Å²) in [5, 5.41) is 7.88. The first-order chi connectivity index (χ1) is 10.4. The summed E-state index contributed by atoms with van der Waals surface area (Å²) in [5.74, 6) is 2.67. The average Bonchev–Trinajstić information content (AvgIpc) is 3.33. The third-order valence-electron chi connectivity index (χ3n) is 3.91. The summed E-state index contributed by atoms with van der Waals surface area (Å²) < 4.78 is 0. The molecule has 0 radical (unpaired) electrons. The lowest BCUT2D eigenvalue weighted by Crippen LogP contribution is -2.09. The van der Waals surface area contributed by atoms with Gasteiger partial charge in [0.15, 0.2) is 0 Å². The molecule has 1 saturated carbocycles. The zero-order chi connectivity index (χ0) is 14.5. The summed E-state index contributed by atoms with van der Waals surface area (Å²) in [6.07, 6.45) is 6.50. The minimum atomic E-state index is 0.722. The largest absolute Gasteiger partial charge is 0.369 e. The van der Waals surface area contributed by atoms with Crippen LogP contribution in [0.15, 0.2) is 24.3 Å². The maximum Gasteiger partial charge on any atom is 0.225 e. The molecule has 1 aliphatic rings. The average molecular weight is 284 g/mol. The molecule has 2 aromatic rings. The van der Waals surface area contributed by atoms with E-state index < -0.39 is 0 Å². The minimum Gasteiger partial charge on any atom is -0.369 e. The first-order valence-electron chi connectivity index (χ1n) is 8.11. The monoisotopic (exact) mass is 284 g/mol. The summed E-state index contributed by atoms with van der Waals surface area (Å²) in [7, 11) is 0. The molecule has 1 aliphatic carbocycles. The Bertz CT molecular complexity index is 592. The summed E-state index contributed by atoms with van der Waals surface area (Å²) in [5.41, 5.74) is 0.996. The van der Waals surface area contributed by atoms with Gasteiger partial charge in [0, 0.05) is 18.5 Å². The van der Waals surface area contributed by atoms with Gasteiger partial charge in [-0.05, 0) is 37.3 Å². The Balaban J connectivity index is 1.72. The number of nitrogens with one attached hydrogen (secondary N) is 2. The zero-order valence-corrected chi connectivity index (χ0v) is 12.7. The van der Waals surface area contributed by atoms with Crippen LogP contribution in [0.4, 0.5) is 11.8 Å². The molecule has 0 saturated heterocycles. The number of rotatable bonds is 8. The summed E-state index contributed by atoms with van der Waals surface area (Å²) in [6.45, 7) is 4.04. The van der Waals surface area contributed by atoms with E-state index in [2.05, 4.69) is 33.6 Å². The molecule has 1 fully saturated rings. The van der Waals surface area contributed by atoms with E-state index in [1.807, 2.05) is 18.2 Å². The molecule has 0 amide bonds. The van der Waals surface area contributed by atoms with Crippen LogP contribution in [0.2, 0.25) is 0 Å². The standard InChI is InChI=1S/C17H24N4/c1-2-11-19-17-20-15-8-4-3-7-14(15)16(21-17)18-12-5-6-13-9-10-13/h3-4,7-8,13H,2,5-6,9-12H2,1H3,(H2,18,19,20,21). The van der Waals surface area contributed by atoms with Gasteiger partial charge in [-0.15, -0.1) is 0 Å². The third-order valence-corrected chi connectivity index (χ3v) is 3.91. The van der Waals surface area contributed by atoms with Crippen LogP contribution in [0.5, 0.6) is 0 Å². The van der Waals surface area contributed by atoms with Crippen LogP contribution in [0.25, 0.3) is 10.9 Å². The van der Waals surface area contributed by atoms with Crippen LogP contribution in [-0.4, -0.2) is 23.1 Å². The fourth-order valence-electron chi connectivity index (χ4n) is 2.53. The first kappa shape index (κ1) is 14.1. The van der Waals surface area contributed by atoms with Gasteiger partial charge in [0.25, 0.3) is 0 Å². The predicted molar refractivity (Wildman–Crippen MR) is 88.8 cm³/mol. The van der Waals surface area contributed by atoms with E-state index in [1.54, 1.807) is 0 Å². The lowest BCUT2D eigenvalue weighted by molar-refractivity contribution is 0.687. The zero-order valence-electron chi connectivity index (χ0n) is 12.7. The number of nitrogens with zero attached hydrogens (tertiary/aromatic N) is 2. The van der Waals surface area contributed by atoms with E-state index in [-0.39, 0.29) is 0 Å². The van der Waals surface area contributed by atoms with E-state index in [4.69, 9.17) is 0 Å². The van der Waals surface area contributed by atoms with Crippen LogP contribution in [0.1, 0.15) is 39.0 Å². The minimum absolute atomic E-state index is 0.722. The van der Waals surface area contributed by atoms with Crippen molar-refractivity contribution in [2.45, 2.75) is 39.0 Å². The van der Waals surface area contributed by atoms with Gasteiger partial charge in [-0.25, -0.2) is 4.98 Å². The topological polar surface area (TPSA) is 49.8 Å². The molecule has 3 rings (SSSR count). The second kappa shape index (κ2) is 6.74. The second-order valence-corrected chi connectivity index (χ2v) is 5.85. The Kier molecular flexibility index (Phi) is 4.53. The number of fused-ring (bicyclic) bond motifs is 1. The Morgan fingerprint density at radius 2 is 1.95 bits per heavy atom. The molecular formula is C17H24N4. The van der Waals surface area contributed by atoms with E-state index >= 15 is 0 Å². The quantitative estimate of drug-likeness (QED) is 0.718. The normalized spacial score (nSPS) is 14.3. The first-order valence-corrected chi connectivity index (χ1v) is 8.11. The lowest BCUT2D eigenvalue weighted by atomic mass is 10.2. The molecule has 1 heterocycles. The number of hydrogen-bond donors (Lipinski definition) is 2. The van der Waals surface area contributed by atoms with Gasteiger partial charge in [-0.1, -0.05) is 31.9 Å². The number of hydrogen-bond acceptors (Lipinski definition) is 4.